The first kappa shape index (κ1) is 17.5. The van der Waals surface area contributed by atoms with Crippen molar-refractivity contribution in [1.29, 1.82) is 5.26 Å². The zero-order chi connectivity index (χ0) is 18.8. The first-order valence-electron chi connectivity index (χ1n) is 7.47. The van der Waals surface area contributed by atoms with Crippen LogP contribution in [0.1, 0.15) is 5.56 Å². The van der Waals surface area contributed by atoms with Crippen molar-refractivity contribution in [1.82, 2.24) is 0 Å². The number of hydrogen-bond donors (Lipinski definition) is 0. The molecule has 0 atom stereocenters. The zero-order valence-corrected chi connectivity index (χ0v) is 13.5. The molecule has 0 N–H and O–H groups in total. The molecule has 0 radical (unpaired) electrons. The fraction of sp³-hybridized carbons (Fsp3) is 0.0500. The molecule has 130 valence electrons. The molecule has 0 unspecified atom stereocenters. The van der Waals surface area contributed by atoms with Gasteiger partial charge < -0.3 is 4.74 Å². The molecule has 2 nitrogen and oxygen atoms in total. The Hall–Kier alpha value is -3.33. The second-order valence-corrected chi connectivity index (χ2v) is 5.47. The van der Waals surface area contributed by atoms with Crippen LogP contribution in [0.5, 0.6) is 5.75 Å². The van der Waals surface area contributed by atoms with Crippen LogP contribution >= 0.6 is 0 Å². The summed E-state index contributed by atoms with van der Waals surface area (Å²) in [5, 5.41) is 8.68. The van der Waals surface area contributed by atoms with E-state index in [4.69, 9.17) is 10.00 Å². The molecule has 3 rings (SSSR count). The summed E-state index contributed by atoms with van der Waals surface area (Å²) in [6.45, 7) is 0. The van der Waals surface area contributed by atoms with Crippen LogP contribution in [0.3, 0.4) is 0 Å². The number of halogens is 4. The Morgan fingerprint density at radius 2 is 1.23 bits per heavy atom. The molecule has 3 aromatic rings. The fourth-order valence-corrected chi connectivity index (χ4v) is 2.62. The number of rotatable bonds is 3. The molecule has 6 heteroatoms. The van der Waals surface area contributed by atoms with Gasteiger partial charge in [0, 0.05) is 0 Å². The molecule has 0 fully saturated rings. The molecule has 0 saturated heterocycles. The monoisotopic (exact) mass is 357 g/mol. The summed E-state index contributed by atoms with van der Waals surface area (Å²) in [6, 6.07) is 11.5. The van der Waals surface area contributed by atoms with Crippen molar-refractivity contribution in [2.45, 2.75) is 0 Å². The quantitative estimate of drug-likeness (QED) is 0.584. The van der Waals surface area contributed by atoms with Gasteiger partial charge in [-0.1, -0.05) is 12.1 Å². The van der Waals surface area contributed by atoms with Gasteiger partial charge in [-0.2, -0.15) is 5.26 Å². The SMILES string of the molecule is COc1ccc(-c2cc(F)c(-c3cc(F)c(C#N)c(F)c3)c(F)c2)cc1. The van der Waals surface area contributed by atoms with Crippen LogP contribution in [0.4, 0.5) is 17.6 Å². The van der Waals surface area contributed by atoms with Gasteiger partial charge in [-0.05, 0) is 53.1 Å². The summed E-state index contributed by atoms with van der Waals surface area (Å²) in [7, 11) is 1.50. The average Bonchev–Trinajstić information content (AvgIpc) is 2.61. The summed E-state index contributed by atoms with van der Waals surface area (Å²) < 4.78 is 61.5. The maximum absolute atomic E-state index is 14.5. The Balaban J connectivity index is 2.09. The molecule has 0 saturated carbocycles. The molecule has 0 aliphatic rings. The van der Waals surface area contributed by atoms with Crippen LogP contribution in [-0.4, -0.2) is 7.11 Å². The van der Waals surface area contributed by atoms with Gasteiger partial charge in [0.1, 0.15) is 40.7 Å². The second-order valence-electron chi connectivity index (χ2n) is 5.47. The van der Waals surface area contributed by atoms with E-state index < -0.39 is 34.4 Å². The zero-order valence-electron chi connectivity index (χ0n) is 13.5. The van der Waals surface area contributed by atoms with E-state index in [1.807, 2.05) is 0 Å². The van der Waals surface area contributed by atoms with Gasteiger partial charge in [0.15, 0.2) is 0 Å². The van der Waals surface area contributed by atoms with Crippen molar-refractivity contribution in [2.75, 3.05) is 7.11 Å². The number of hydrogen-bond acceptors (Lipinski definition) is 2. The van der Waals surface area contributed by atoms with Crippen molar-refractivity contribution in [2.24, 2.45) is 0 Å². The summed E-state index contributed by atoms with van der Waals surface area (Å²) in [4.78, 5) is 0. The summed E-state index contributed by atoms with van der Waals surface area (Å²) in [5.41, 5.74) is -0.877. The van der Waals surface area contributed by atoms with E-state index in [0.29, 0.717) is 11.3 Å². The molecule has 0 aromatic heterocycles. The Labute approximate surface area is 146 Å². The fourth-order valence-electron chi connectivity index (χ4n) is 2.62. The molecule has 0 spiro atoms. The molecular formula is C20H11F4NO. The largest absolute Gasteiger partial charge is 0.497 e. The van der Waals surface area contributed by atoms with Gasteiger partial charge in [-0.3, -0.25) is 0 Å². The second kappa shape index (κ2) is 6.89. The van der Waals surface area contributed by atoms with Crippen molar-refractivity contribution in [3.63, 3.8) is 0 Å². The van der Waals surface area contributed by atoms with E-state index in [1.54, 1.807) is 24.3 Å². The summed E-state index contributed by atoms with van der Waals surface area (Å²) in [6.07, 6.45) is 0. The Morgan fingerprint density at radius 1 is 0.731 bits per heavy atom. The van der Waals surface area contributed by atoms with Crippen LogP contribution in [0, 0.1) is 34.6 Å². The van der Waals surface area contributed by atoms with Crippen LogP contribution in [0.25, 0.3) is 22.3 Å². The standard InChI is InChI=1S/C20H11F4NO/c1-26-14-4-2-11(3-5-14)12-6-18(23)20(19(24)7-12)13-8-16(21)15(10-25)17(22)9-13/h2-9H,1H3. The first-order chi connectivity index (χ1) is 12.4. The molecule has 0 bridgehead atoms. The topological polar surface area (TPSA) is 33.0 Å². The third-order valence-corrected chi connectivity index (χ3v) is 3.91. The third-order valence-electron chi connectivity index (χ3n) is 3.91. The molecule has 26 heavy (non-hydrogen) atoms. The highest BCUT2D eigenvalue weighted by Crippen LogP contribution is 2.33. The Morgan fingerprint density at radius 3 is 1.69 bits per heavy atom. The molecule has 0 heterocycles. The minimum atomic E-state index is -1.18. The van der Waals surface area contributed by atoms with Crippen LogP contribution in [0.2, 0.25) is 0 Å². The maximum atomic E-state index is 14.5. The van der Waals surface area contributed by atoms with Gasteiger partial charge in [0.2, 0.25) is 0 Å². The number of nitrogens with zero attached hydrogens (tertiary/aromatic N) is 1. The average molecular weight is 357 g/mol. The van der Waals surface area contributed by atoms with Crippen LogP contribution in [-0.2, 0) is 0 Å². The predicted octanol–water partition coefficient (Wildman–Crippen LogP) is 5.46. The predicted molar refractivity (Wildman–Crippen MR) is 88.4 cm³/mol. The number of ether oxygens (including phenoxy) is 1. The van der Waals surface area contributed by atoms with Gasteiger partial charge in [0.25, 0.3) is 0 Å². The van der Waals surface area contributed by atoms with Crippen molar-refractivity contribution < 1.29 is 22.3 Å². The van der Waals surface area contributed by atoms with Crippen LogP contribution < -0.4 is 4.74 Å². The number of methoxy groups -OCH3 is 1. The van der Waals surface area contributed by atoms with Crippen molar-refractivity contribution in [3.05, 3.63) is 77.4 Å². The summed E-state index contributed by atoms with van der Waals surface area (Å²) in [5.74, 6) is -3.71. The van der Waals surface area contributed by atoms with Gasteiger partial charge in [-0.15, -0.1) is 0 Å². The van der Waals surface area contributed by atoms with E-state index in [-0.39, 0.29) is 11.1 Å². The first-order valence-corrected chi connectivity index (χ1v) is 7.47. The highest BCUT2D eigenvalue weighted by molar-refractivity contribution is 5.72. The van der Waals surface area contributed by atoms with E-state index in [9.17, 15) is 17.6 Å². The van der Waals surface area contributed by atoms with Gasteiger partial charge in [0.05, 0.1) is 12.7 Å². The highest BCUT2D eigenvalue weighted by Gasteiger charge is 2.18. The minimum absolute atomic E-state index is 0.265. The van der Waals surface area contributed by atoms with Crippen molar-refractivity contribution in [3.8, 4) is 34.1 Å². The lowest BCUT2D eigenvalue weighted by Gasteiger charge is -2.10. The van der Waals surface area contributed by atoms with E-state index in [0.717, 1.165) is 24.3 Å². The van der Waals surface area contributed by atoms with Crippen molar-refractivity contribution >= 4 is 0 Å². The number of nitriles is 1. The van der Waals surface area contributed by atoms with Crippen LogP contribution in [0.15, 0.2) is 48.5 Å². The lowest BCUT2D eigenvalue weighted by atomic mass is 9.97. The third kappa shape index (κ3) is 3.11. The minimum Gasteiger partial charge on any atom is -0.497 e. The summed E-state index contributed by atoms with van der Waals surface area (Å²) >= 11 is 0. The lowest BCUT2D eigenvalue weighted by Crippen LogP contribution is -1.97. The highest BCUT2D eigenvalue weighted by atomic mass is 19.1. The molecule has 0 aliphatic carbocycles. The maximum Gasteiger partial charge on any atom is 0.144 e. The smallest absolute Gasteiger partial charge is 0.144 e. The van der Waals surface area contributed by atoms with E-state index in [2.05, 4.69) is 0 Å². The van der Waals surface area contributed by atoms with E-state index >= 15 is 0 Å². The molecule has 3 aromatic carbocycles. The molecular weight excluding hydrogens is 346 g/mol. The Bertz CT molecular complexity index is 977. The van der Waals surface area contributed by atoms with Gasteiger partial charge >= 0.3 is 0 Å². The molecule has 0 aliphatic heterocycles. The van der Waals surface area contributed by atoms with Gasteiger partial charge in [-0.25, -0.2) is 17.6 Å². The molecule has 0 amide bonds. The number of benzene rings is 3. The van der Waals surface area contributed by atoms with E-state index in [1.165, 1.54) is 13.2 Å². The lowest BCUT2D eigenvalue weighted by molar-refractivity contribution is 0.415. The Kier molecular flexibility index (Phi) is 4.63. The normalized spacial score (nSPS) is 10.5.